The van der Waals surface area contributed by atoms with Gasteiger partial charge in [0.15, 0.2) is 0 Å². The average molecular weight is 761 g/mol. The summed E-state index contributed by atoms with van der Waals surface area (Å²) in [6, 6.07) is 52.1. The van der Waals surface area contributed by atoms with Crippen LogP contribution in [-0.2, 0) is 0 Å². The lowest BCUT2D eigenvalue weighted by Crippen LogP contribution is -2.01. The lowest BCUT2D eigenvalue weighted by atomic mass is 9.73. The zero-order chi connectivity index (χ0) is 40.0. The van der Waals surface area contributed by atoms with Crippen LogP contribution in [0.1, 0.15) is 33.4 Å². The summed E-state index contributed by atoms with van der Waals surface area (Å²) in [7, 11) is 0. The molecule has 0 nitrogen and oxygen atoms in total. The van der Waals surface area contributed by atoms with Crippen molar-refractivity contribution in [3.63, 3.8) is 0 Å². The highest BCUT2D eigenvalue weighted by Crippen LogP contribution is 2.59. The first kappa shape index (κ1) is 32.9. The molecule has 0 fully saturated rings. The van der Waals surface area contributed by atoms with Crippen LogP contribution in [0.2, 0.25) is 0 Å². The molecule has 0 aliphatic rings. The molecule has 0 aromatic heterocycles. The first-order chi connectivity index (χ1) is 29.3. The van der Waals surface area contributed by atoms with Gasteiger partial charge in [0.2, 0.25) is 0 Å². The molecule has 0 unspecified atom stereocenters. The van der Waals surface area contributed by atoms with Crippen LogP contribution >= 0.6 is 0 Å². The van der Waals surface area contributed by atoms with Gasteiger partial charge in [-0.3, -0.25) is 0 Å². The highest BCUT2D eigenvalue weighted by molar-refractivity contribution is 6.57. The van der Waals surface area contributed by atoms with Gasteiger partial charge in [-0.05, 0) is 205 Å². The third-order valence-electron chi connectivity index (χ3n) is 14.7. The molecule has 0 N–H and O–H groups in total. The number of hydrogen-bond acceptors (Lipinski definition) is 0. The molecule has 280 valence electrons. The van der Waals surface area contributed by atoms with Gasteiger partial charge in [0.25, 0.3) is 0 Å². The van der Waals surface area contributed by atoms with Crippen LogP contribution in [0.3, 0.4) is 0 Å². The quantitative estimate of drug-likeness (QED) is 0.122. The van der Waals surface area contributed by atoms with Crippen LogP contribution in [0.15, 0.2) is 133 Å². The van der Waals surface area contributed by atoms with Gasteiger partial charge >= 0.3 is 0 Å². The Hall–Kier alpha value is -7.02. The van der Waals surface area contributed by atoms with Crippen LogP contribution in [-0.4, -0.2) is 0 Å². The molecular weight excluding hydrogens is 721 g/mol. The Morgan fingerprint density at radius 1 is 0.200 bits per heavy atom. The van der Waals surface area contributed by atoms with E-state index >= 15 is 0 Å². The summed E-state index contributed by atoms with van der Waals surface area (Å²) in [5.41, 5.74) is 13.4. The minimum absolute atomic E-state index is 1.31. The monoisotopic (exact) mass is 760 g/mol. The molecule has 0 heteroatoms. The van der Waals surface area contributed by atoms with Crippen molar-refractivity contribution in [1.29, 1.82) is 0 Å². The van der Waals surface area contributed by atoms with E-state index in [2.05, 4.69) is 175 Å². The Bertz CT molecular complexity index is 3890. The van der Waals surface area contributed by atoms with Gasteiger partial charge in [-0.15, -0.1) is 0 Å². The third kappa shape index (κ3) is 3.72. The van der Waals surface area contributed by atoms with Gasteiger partial charge in [0, 0.05) is 0 Å². The molecule has 0 saturated heterocycles. The number of rotatable bonds is 2. The standard InChI is InChI=1S/C60H40/c1-29-25-31(3)47(32(4)26-29)53-41-19-11-17-39-40-18-12-20-42-52(40)60-58-46(54(42)48-33(5)27-30(2)28-34(48)6)24-22-44-50-38-16-10-8-14-36(38)35-13-7-9-15-37(35)49(50)43-21-23-45(53)57(55(43)56(44)58)59(60)51(39)41/h7-28H,1-6H3. The van der Waals surface area contributed by atoms with E-state index in [1.54, 1.807) is 0 Å². The van der Waals surface area contributed by atoms with E-state index in [9.17, 15) is 0 Å². The zero-order valence-electron chi connectivity index (χ0n) is 34.7. The second-order valence-electron chi connectivity index (χ2n) is 18.2. The molecule has 0 atom stereocenters. The van der Waals surface area contributed by atoms with Gasteiger partial charge in [-0.2, -0.15) is 0 Å². The number of benzene rings is 14. The minimum Gasteiger partial charge on any atom is -0.0616 e. The van der Waals surface area contributed by atoms with Crippen molar-refractivity contribution >= 4 is 118 Å². The van der Waals surface area contributed by atoms with Crippen LogP contribution in [0.25, 0.3) is 141 Å². The maximum Gasteiger partial charge on any atom is -0.0000699 e. The van der Waals surface area contributed by atoms with E-state index < -0.39 is 0 Å². The first-order valence-corrected chi connectivity index (χ1v) is 21.5. The molecule has 0 radical (unpaired) electrons. The van der Waals surface area contributed by atoms with Crippen molar-refractivity contribution in [3.05, 3.63) is 167 Å². The third-order valence-corrected chi connectivity index (χ3v) is 14.7. The normalized spacial score (nSPS) is 12.8. The maximum atomic E-state index is 2.50. The second kappa shape index (κ2) is 11.0. The van der Waals surface area contributed by atoms with E-state index in [0.29, 0.717) is 0 Å². The second-order valence-corrected chi connectivity index (χ2v) is 18.2. The average Bonchev–Trinajstić information content (AvgIpc) is 3.24. The highest BCUT2D eigenvalue weighted by Gasteiger charge is 2.31. The van der Waals surface area contributed by atoms with Gasteiger partial charge in [-0.1, -0.05) is 145 Å². The fourth-order valence-corrected chi connectivity index (χ4v) is 13.0. The van der Waals surface area contributed by atoms with Crippen molar-refractivity contribution < 1.29 is 0 Å². The van der Waals surface area contributed by atoms with E-state index in [1.807, 2.05) is 0 Å². The Balaban J connectivity index is 1.39. The first-order valence-electron chi connectivity index (χ1n) is 21.5. The van der Waals surface area contributed by atoms with E-state index in [4.69, 9.17) is 0 Å². The molecule has 0 saturated carbocycles. The molecule has 14 aromatic carbocycles. The predicted molar refractivity (Wildman–Crippen MR) is 263 cm³/mol. The van der Waals surface area contributed by atoms with Crippen molar-refractivity contribution in [2.45, 2.75) is 41.5 Å². The predicted octanol–water partition coefficient (Wildman–Crippen LogP) is 17.3. The summed E-state index contributed by atoms with van der Waals surface area (Å²) >= 11 is 0. The largest absolute Gasteiger partial charge is 0.0616 e. The van der Waals surface area contributed by atoms with Crippen LogP contribution in [0, 0.1) is 41.5 Å². The molecule has 14 rings (SSSR count). The van der Waals surface area contributed by atoms with Crippen molar-refractivity contribution in [3.8, 4) is 22.3 Å². The molecule has 14 aromatic rings. The lowest BCUT2D eigenvalue weighted by Gasteiger charge is -2.29. The summed E-state index contributed by atoms with van der Waals surface area (Å²) in [5.74, 6) is 0. The fraction of sp³-hybridized carbons (Fsp3) is 0.100. The Morgan fingerprint density at radius 2 is 0.467 bits per heavy atom. The molecule has 0 bridgehead atoms. The number of fused-ring (bicyclic) bond motifs is 9. The fourth-order valence-electron chi connectivity index (χ4n) is 13.0. The molecule has 0 aliphatic heterocycles. The Labute approximate surface area is 347 Å². The smallest absolute Gasteiger partial charge is 0.0000699 e. The van der Waals surface area contributed by atoms with E-state index in [0.717, 1.165) is 0 Å². The molecule has 60 heavy (non-hydrogen) atoms. The SMILES string of the molecule is Cc1cc(C)c(-c2c3cccc4c5cccc6c(-c7c(C)cc(C)cc7C)c7ccc8c9c%10ccccc%10c%10ccccc%10c9c9ccc2c2c9c8c7c(c65)c2c34)c(C)c1. The van der Waals surface area contributed by atoms with E-state index in [-0.39, 0.29) is 0 Å². The summed E-state index contributed by atoms with van der Waals surface area (Å²) in [6.45, 7) is 13.7. The van der Waals surface area contributed by atoms with Gasteiger partial charge in [0.1, 0.15) is 0 Å². The lowest BCUT2D eigenvalue weighted by molar-refractivity contribution is 1.33. The van der Waals surface area contributed by atoms with Gasteiger partial charge < -0.3 is 0 Å². The summed E-state index contributed by atoms with van der Waals surface area (Å²) in [6.07, 6.45) is 0. The summed E-state index contributed by atoms with van der Waals surface area (Å²) in [5, 5.41) is 30.1. The molecule has 0 heterocycles. The van der Waals surface area contributed by atoms with Gasteiger partial charge in [0.05, 0.1) is 0 Å². The molecule has 0 amide bonds. The Morgan fingerprint density at radius 3 is 0.867 bits per heavy atom. The summed E-state index contributed by atoms with van der Waals surface area (Å²) < 4.78 is 0. The molecular formula is C60H40. The van der Waals surface area contributed by atoms with Gasteiger partial charge in [-0.25, -0.2) is 0 Å². The minimum atomic E-state index is 1.31. The highest BCUT2D eigenvalue weighted by atomic mass is 14.3. The number of hydrogen-bond donors (Lipinski definition) is 0. The maximum absolute atomic E-state index is 2.50. The molecule has 0 spiro atoms. The molecule has 0 aliphatic carbocycles. The van der Waals surface area contributed by atoms with Crippen molar-refractivity contribution in [2.75, 3.05) is 0 Å². The van der Waals surface area contributed by atoms with Crippen LogP contribution < -0.4 is 0 Å². The van der Waals surface area contributed by atoms with Crippen LogP contribution in [0.4, 0.5) is 0 Å². The zero-order valence-corrected chi connectivity index (χ0v) is 34.7. The van der Waals surface area contributed by atoms with Crippen LogP contribution in [0.5, 0.6) is 0 Å². The summed E-state index contributed by atoms with van der Waals surface area (Å²) in [4.78, 5) is 0. The van der Waals surface area contributed by atoms with E-state index in [1.165, 1.54) is 174 Å². The Kier molecular flexibility index (Phi) is 6.01. The topological polar surface area (TPSA) is 0 Å². The number of aryl methyl sites for hydroxylation is 6. The van der Waals surface area contributed by atoms with Crippen molar-refractivity contribution in [2.24, 2.45) is 0 Å². The van der Waals surface area contributed by atoms with Crippen molar-refractivity contribution in [1.82, 2.24) is 0 Å².